The fraction of sp³-hybridized carbons (Fsp3) is 0.538. The quantitative estimate of drug-likeness (QED) is 0.476. The van der Waals surface area contributed by atoms with E-state index in [4.69, 9.17) is 4.74 Å². The molecule has 0 amide bonds. The molecule has 1 aliphatic rings. The number of allylic oxidation sites excluding steroid dienone is 2. The predicted octanol–water partition coefficient (Wildman–Crippen LogP) is 3.38. The van der Waals surface area contributed by atoms with Crippen molar-refractivity contribution >= 4 is 6.71 Å². The van der Waals surface area contributed by atoms with Crippen LogP contribution in [0, 0.1) is 5.92 Å². The highest BCUT2D eigenvalue weighted by Crippen LogP contribution is 2.29. The average Bonchev–Trinajstić information content (AvgIpc) is 2.19. The SMILES string of the molecule is C=CCB1C=C(COC)CC(CC=C)C1. The van der Waals surface area contributed by atoms with Crippen molar-refractivity contribution in [2.75, 3.05) is 13.7 Å². The van der Waals surface area contributed by atoms with Gasteiger partial charge in [0.15, 0.2) is 6.71 Å². The standard InChI is InChI=1S/C13H21BO/c1-4-6-12-8-13(11-15-3)10-14(9-12)7-5-2/h4-5,10,12H,1-2,6-9,11H2,3H3. The van der Waals surface area contributed by atoms with E-state index in [1.54, 1.807) is 7.11 Å². The smallest absolute Gasteiger partial charge is 0.170 e. The van der Waals surface area contributed by atoms with Crippen LogP contribution in [0.5, 0.6) is 0 Å². The molecular weight excluding hydrogens is 183 g/mol. The Hall–Kier alpha value is -0.755. The van der Waals surface area contributed by atoms with Gasteiger partial charge in [-0.2, -0.15) is 0 Å². The third-order valence-corrected chi connectivity index (χ3v) is 2.96. The van der Waals surface area contributed by atoms with Crippen molar-refractivity contribution in [1.29, 1.82) is 0 Å². The van der Waals surface area contributed by atoms with Gasteiger partial charge >= 0.3 is 0 Å². The highest BCUT2D eigenvalue weighted by Gasteiger charge is 2.22. The Morgan fingerprint density at radius 2 is 2.33 bits per heavy atom. The van der Waals surface area contributed by atoms with Crippen LogP contribution in [-0.4, -0.2) is 20.4 Å². The first-order chi connectivity index (χ1) is 7.30. The molecule has 0 spiro atoms. The second kappa shape index (κ2) is 6.68. The van der Waals surface area contributed by atoms with Crippen LogP contribution in [0.25, 0.3) is 0 Å². The second-order valence-corrected chi connectivity index (χ2v) is 4.37. The molecule has 15 heavy (non-hydrogen) atoms. The van der Waals surface area contributed by atoms with Crippen LogP contribution in [0.1, 0.15) is 12.8 Å². The van der Waals surface area contributed by atoms with Gasteiger partial charge in [-0.05, 0) is 18.8 Å². The van der Waals surface area contributed by atoms with E-state index in [2.05, 4.69) is 19.1 Å². The van der Waals surface area contributed by atoms with Crippen molar-refractivity contribution in [2.24, 2.45) is 5.92 Å². The molecule has 1 rings (SSSR count). The summed E-state index contributed by atoms with van der Waals surface area (Å²) in [4.78, 5) is 0. The molecule has 0 aromatic heterocycles. The predicted molar refractivity (Wildman–Crippen MR) is 68.4 cm³/mol. The first-order valence-electron chi connectivity index (χ1n) is 5.70. The topological polar surface area (TPSA) is 9.23 Å². The number of rotatable bonds is 6. The lowest BCUT2D eigenvalue weighted by atomic mass is 9.40. The van der Waals surface area contributed by atoms with Crippen molar-refractivity contribution in [2.45, 2.75) is 25.5 Å². The van der Waals surface area contributed by atoms with Gasteiger partial charge in [0.25, 0.3) is 0 Å². The van der Waals surface area contributed by atoms with Crippen LogP contribution in [0.4, 0.5) is 0 Å². The van der Waals surface area contributed by atoms with E-state index >= 15 is 0 Å². The molecule has 2 heteroatoms. The van der Waals surface area contributed by atoms with E-state index in [9.17, 15) is 0 Å². The van der Waals surface area contributed by atoms with Gasteiger partial charge in [0.05, 0.1) is 6.61 Å². The molecule has 0 aromatic carbocycles. The molecule has 0 saturated heterocycles. The number of methoxy groups -OCH3 is 1. The number of hydrogen-bond acceptors (Lipinski definition) is 1. The summed E-state index contributed by atoms with van der Waals surface area (Å²) in [5.74, 6) is 3.13. The molecule has 1 aliphatic heterocycles. The Bertz CT molecular complexity index is 245. The summed E-state index contributed by atoms with van der Waals surface area (Å²) in [7, 11) is 1.76. The van der Waals surface area contributed by atoms with Gasteiger partial charge in [-0.1, -0.05) is 30.4 Å². The van der Waals surface area contributed by atoms with Gasteiger partial charge in [0, 0.05) is 7.11 Å². The van der Waals surface area contributed by atoms with E-state index in [0.717, 1.165) is 25.3 Å². The molecule has 0 aromatic rings. The molecule has 82 valence electrons. The number of ether oxygens (including phenoxy) is 1. The minimum atomic E-state index is 0.659. The maximum atomic E-state index is 5.21. The molecule has 0 fully saturated rings. The van der Waals surface area contributed by atoms with Crippen molar-refractivity contribution in [1.82, 2.24) is 0 Å². The van der Waals surface area contributed by atoms with Crippen molar-refractivity contribution in [3.63, 3.8) is 0 Å². The summed E-state index contributed by atoms with van der Waals surface area (Å²) in [5.41, 5.74) is 1.45. The molecule has 1 unspecified atom stereocenters. The van der Waals surface area contributed by atoms with Gasteiger partial charge in [-0.3, -0.25) is 0 Å². The lowest BCUT2D eigenvalue weighted by Gasteiger charge is -2.25. The fourth-order valence-corrected chi connectivity index (χ4v) is 2.44. The fourth-order valence-electron chi connectivity index (χ4n) is 2.44. The maximum absolute atomic E-state index is 5.21. The van der Waals surface area contributed by atoms with Crippen molar-refractivity contribution in [3.8, 4) is 0 Å². The van der Waals surface area contributed by atoms with E-state index < -0.39 is 0 Å². The third-order valence-electron chi connectivity index (χ3n) is 2.96. The zero-order valence-corrected chi connectivity index (χ0v) is 9.74. The Labute approximate surface area is 94.0 Å². The zero-order chi connectivity index (χ0) is 11.1. The van der Waals surface area contributed by atoms with Crippen LogP contribution in [-0.2, 0) is 4.74 Å². The minimum Gasteiger partial charge on any atom is -0.380 e. The van der Waals surface area contributed by atoms with Crippen LogP contribution in [0.15, 0.2) is 36.9 Å². The maximum Gasteiger partial charge on any atom is 0.170 e. The molecule has 0 radical (unpaired) electrons. The van der Waals surface area contributed by atoms with Crippen molar-refractivity contribution in [3.05, 3.63) is 36.9 Å². The molecule has 0 bridgehead atoms. The van der Waals surface area contributed by atoms with Gasteiger partial charge in [0.1, 0.15) is 0 Å². The highest BCUT2D eigenvalue weighted by molar-refractivity contribution is 6.65. The Morgan fingerprint density at radius 3 is 2.93 bits per heavy atom. The largest absolute Gasteiger partial charge is 0.380 e. The molecule has 1 atom stereocenters. The van der Waals surface area contributed by atoms with Crippen molar-refractivity contribution < 1.29 is 4.74 Å². The lowest BCUT2D eigenvalue weighted by molar-refractivity contribution is 0.220. The normalized spacial score (nSPS) is 21.0. The summed E-state index contributed by atoms with van der Waals surface area (Å²) in [6.07, 6.45) is 8.70. The molecular formula is C13H21BO. The van der Waals surface area contributed by atoms with Gasteiger partial charge < -0.3 is 4.74 Å². The van der Waals surface area contributed by atoms with Gasteiger partial charge in [-0.15, -0.1) is 19.1 Å². The van der Waals surface area contributed by atoms with Gasteiger partial charge in [0.2, 0.25) is 0 Å². The van der Waals surface area contributed by atoms with E-state index in [-0.39, 0.29) is 0 Å². The summed E-state index contributed by atoms with van der Waals surface area (Å²) < 4.78 is 5.21. The average molecular weight is 204 g/mol. The van der Waals surface area contributed by atoms with Crippen LogP contribution >= 0.6 is 0 Å². The molecule has 0 aliphatic carbocycles. The lowest BCUT2D eigenvalue weighted by Crippen LogP contribution is -2.22. The highest BCUT2D eigenvalue weighted by atomic mass is 16.5. The second-order valence-electron chi connectivity index (χ2n) is 4.37. The zero-order valence-electron chi connectivity index (χ0n) is 9.74. The summed E-state index contributed by atoms with van der Waals surface area (Å²) in [6.45, 7) is 9.08. The number of hydrogen-bond donors (Lipinski definition) is 0. The Morgan fingerprint density at radius 1 is 1.53 bits per heavy atom. The monoisotopic (exact) mass is 204 g/mol. The molecule has 0 saturated carbocycles. The Kier molecular flexibility index (Phi) is 5.48. The first-order valence-corrected chi connectivity index (χ1v) is 5.70. The summed E-state index contributed by atoms with van der Waals surface area (Å²) in [6, 6.07) is 0. The van der Waals surface area contributed by atoms with Gasteiger partial charge in [-0.25, -0.2) is 0 Å². The Balaban J connectivity index is 2.60. The van der Waals surface area contributed by atoms with Crippen LogP contribution in [0.3, 0.4) is 0 Å². The van der Waals surface area contributed by atoms with Crippen LogP contribution in [0.2, 0.25) is 12.6 Å². The van der Waals surface area contributed by atoms with E-state index in [1.165, 1.54) is 18.3 Å². The summed E-state index contributed by atoms with van der Waals surface area (Å²) in [5, 5.41) is 0. The van der Waals surface area contributed by atoms with E-state index in [1.807, 2.05) is 12.2 Å². The molecule has 1 nitrogen and oxygen atoms in total. The first kappa shape index (κ1) is 12.3. The minimum absolute atomic E-state index is 0.659. The third kappa shape index (κ3) is 4.09. The molecule has 1 heterocycles. The molecule has 0 N–H and O–H groups in total. The van der Waals surface area contributed by atoms with Crippen LogP contribution < -0.4 is 0 Å². The van der Waals surface area contributed by atoms with E-state index in [0.29, 0.717) is 6.71 Å². The summed E-state index contributed by atoms with van der Waals surface area (Å²) >= 11 is 0.